The molecule has 1 saturated heterocycles. The van der Waals surface area contributed by atoms with Crippen molar-refractivity contribution in [2.75, 3.05) is 13.2 Å². The third-order valence-electron chi connectivity index (χ3n) is 6.01. The summed E-state index contributed by atoms with van der Waals surface area (Å²) in [6.45, 7) is 1.35. The molecular formula is C29H28N2O7. The van der Waals surface area contributed by atoms with Crippen molar-refractivity contribution in [3.8, 4) is 0 Å². The van der Waals surface area contributed by atoms with Gasteiger partial charge in [-0.2, -0.15) is 0 Å². The monoisotopic (exact) mass is 516 g/mol. The predicted molar refractivity (Wildman–Crippen MR) is 137 cm³/mol. The number of ether oxygens (including phenoxy) is 3. The Bertz CT molecular complexity index is 1250. The summed E-state index contributed by atoms with van der Waals surface area (Å²) in [5, 5.41) is 5.94. The minimum absolute atomic E-state index is 0.174. The van der Waals surface area contributed by atoms with Crippen LogP contribution in [-0.2, 0) is 19.0 Å². The van der Waals surface area contributed by atoms with Crippen LogP contribution in [-0.4, -0.2) is 61.3 Å². The standard InChI is InChI=1S/C29H28N2O7/c1-19(32)31-23-17-30-24(18-36-27(33)20-11-5-2-6-12-20)26(38-29(35)22-15-9-4-10-16-22)25(23)37-28(34)21-13-7-3-8-14-21/h2-16,23-26,30H,17-18H2,1H3,(H,31,32). The summed E-state index contributed by atoms with van der Waals surface area (Å²) in [7, 11) is 0. The van der Waals surface area contributed by atoms with Crippen molar-refractivity contribution in [2.45, 2.75) is 31.2 Å². The molecule has 4 atom stereocenters. The first-order valence-electron chi connectivity index (χ1n) is 12.2. The normalized spacial score (nSPS) is 20.6. The largest absolute Gasteiger partial charge is 0.460 e. The molecule has 1 aliphatic heterocycles. The third-order valence-corrected chi connectivity index (χ3v) is 6.01. The number of carbonyl (C=O) groups excluding carboxylic acids is 4. The van der Waals surface area contributed by atoms with E-state index < -0.39 is 42.2 Å². The fourth-order valence-electron chi connectivity index (χ4n) is 4.17. The van der Waals surface area contributed by atoms with Crippen LogP contribution in [0.2, 0.25) is 0 Å². The van der Waals surface area contributed by atoms with Crippen molar-refractivity contribution in [2.24, 2.45) is 0 Å². The molecule has 0 radical (unpaired) electrons. The van der Waals surface area contributed by atoms with E-state index in [1.54, 1.807) is 91.0 Å². The first-order valence-corrected chi connectivity index (χ1v) is 12.2. The van der Waals surface area contributed by atoms with E-state index in [9.17, 15) is 19.2 Å². The number of carbonyl (C=O) groups is 4. The highest BCUT2D eigenvalue weighted by Gasteiger charge is 2.45. The van der Waals surface area contributed by atoms with Crippen molar-refractivity contribution in [1.82, 2.24) is 10.6 Å². The Morgan fingerprint density at radius 1 is 0.711 bits per heavy atom. The Morgan fingerprint density at radius 3 is 1.63 bits per heavy atom. The van der Waals surface area contributed by atoms with Gasteiger partial charge < -0.3 is 24.8 Å². The van der Waals surface area contributed by atoms with Crippen LogP contribution in [0.25, 0.3) is 0 Å². The average molecular weight is 517 g/mol. The summed E-state index contributed by atoms with van der Waals surface area (Å²) < 4.78 is 17.2. The van der Waals surface area contributed by atoms with Gasteiger partial charge in [-0.05, 0) is 36.4 Å². The van der Waals surface area contributed by atoms with Gasteiger partial charge in [-0.3, -0.25) is 4.79 Å². The number of hydrogen-bond acceptors (Lipinski definition) is 8. The molecule has 4 unspecified atom stereocenters. The van der Waals surface area contributed by atoms with E-state index >= 15 is 0 Å². The SMILES string of the molecule is CC(=O)NC1CNC(COC(=O)c2ccccc2)C(OC(=O)c2ccccc2)C1OC(=O)c1ccccc1. The quantitative estimate of drug-likeness (QED) is 0.347. The topological polar surface area (TPSA) is 120 Å². The molecule has 1 heterocycles. The maximum Gasteiger partial charge on any atom is 0.338 e. The number of amides is 1. The van der Waals surface area contributed by atoms with E-state index in [0.29, 0.717) is 16.7 Å². The maximum absolute atomic E-state index is 13.1. The molecule has 9 nitrogen and oxygen atoms in total. The fourth-order valence-corrected chi connectivity index (χ4v) is 4.17. The summed E-state index contributed by atoms with van der Waals surface area (Å²) in [5.41, 5.74) is 0.958. The summed E-state index contributed by atoms with van der Waals surface area (Å²) in [6, 6.07) is 23.7. The van der Waals surface area contributed by atoms with Gasteiger partial charge in [0, 0.05) is 13.5 Å². The van der Waals surface area contributed by atoms with Gasteiger partial charge in [-0.15, -0.1) is 0 Å². The van der Waals surface area contributed by atoms with Gasteiger partial charge in [-0.25, -0.2) is 14.4 Å². The molecule has 38 heavy (non-hydrogen) atoms. The second-order valence-electron chi connectivity index (χ2n) is 8.76. The molecule has 9 heteroatoms. The lowest BCUT2D eigenvalue weighted by Crippen LogP contribution is -2.67. The maximum atomic E-state index is 13.1. The molecule has 1 amide bonds. The molecule has 2 N–H and O–H groups in total. The Morgan fingerprint density at radius 2 is 1.16 bits per heavy atom. The summed E-state index contributed by atoms with van der Waals surface area (Å²) in [4.78, 5) is 50.6. The number of hydrogen-bond donors (Lipinski definition) is 2. The number of rotatable bonds is 8. The number of piperidine rings is 1. The van der Waals surface area contributed by atoms with Crippen molar-refractivity contribution >= 4 is 23.8 Å². The van der Waals surface area contributed by atoms with E-state index in [-0.39, 0.29) is 19.1 Å². The third kappa shape index (κ3) is 6.83. The molecule has 1 fully saturated rings. The van der Waals surface area contributed by atoms with Crippen LogP contribution in [0.4, 0.5) is 0 Å². The molecule has 0 aromatic heterocycles. The molecule has 0 bridgehead atoms. The van der Waals surface area contributed by atoms with E-state index in [1.165, 1.54) is 6.92 Å². The molecule has 0 spiro atoms. The molecule has 4 rings (SSSR count). The van der Waals surface area contributed by atoms with Gasteiger partial charge in [0.2, 0.25) is 5.91 Å². The molecule has 0 saturated carbocycles. The number of esters is 3. The second-order valence-corrected chi connectivity index (χ2v) is 8.76. The van der Waals surface area contributed by atoms with Gasteiger partial charge in [0.25, 0.3) is 0 Å². The highest BCUT2D eigenvalue weighted by Crippen LogP contribution is 2.22. The van der Waals surface area contributed by atoms with Crippen molar-refractivity contribution in [3.63, 3.8) is 0 Å². The lowest BCUT2D eigenvalue weighted by Gasteiger charge is -2.42. The van der Waals surface area contributed by atoms with Crippen LogP contribution in [0.1, 0.15) is 38.0 Å². The number of nitrogens with one attached hydrogen (secondary N) is 2. The summed E-state index contributed by atoms with van der Waals surface area (Å²) in [5.74, 6) is -2.20. The van der Waals surface area contributed by atoms with E-state index in [0.717, 1.165) is 0 Å². The number of benzene rings is 3. The Balaban J connectivity index is 1.60. The van der Waals surface area contributed by atoms with Crippen LogP contribution in [0.15, 0.2) is 91.0 Å². The molecule has 1 aliphatic rings. The van der Waals surface area contributed by atoms with Gasteiger partial charge in [0.05, 0.1) is 28.8 Å². The second kappa shape index (κ2) is 12.6. The minimum atomic E-state index is -1.09. The molecular weight excluding hydrogens is 488 g/mol. The van der Waals surface area contributed by atoms with Gasteiger partial charge in [0.15, 0.2) is 12.2 Å². The molecule has 3 aromatic carbocycles. The van der Waals surface area contributed by atoms with E-state index in [2.05, 4.69) is 10.6 Å². The van der Waals surface area contributed by atoms with Gasteiger partial charge >= 0.3 is 17.9 Å². The average Bonchev–Trinajstić information content (AvgIpc) is 2.95. The van der Waals surface area contributed by atoms with Gasteiger partial charge in [0.1, 0.15) is 6.61 Å². The van der Waals surface area contributed by atoms with Crippen molar-refractivity contribution < 1.29 is 33.4 Å². The zero-order valence-corrected chi connectivity index (χ0v) is 20.7. The minimum Gasteiger partial charge on any atom is -0.460 e. The highest BCUT2D eigenvalue weighted by atomic mass is 16.6. The molecule has 196 valence electrons. The molecule has 3 aromatic rings. The Kier molecular flexibility index (Phi) is 8.84. The summed E-state index contributed by atoms with van der Waals surface area (Å²) in [6.07, 6.45) is -2.16. The highest BCUT2D eigenvalue weighted by molar-refractivity contribution is 5.91. The van der Waals surface area contributed by atoms with Crippen LogP contribution < -0.4 is 10.6 Å². The van der Waals surface area contributed by atoms with Crippen molar-refractivity contribution in [1.29, 1.82) is 0 Å². The predicted octanol–water partition coefficient (Wildman–Crippen LogP) is 2.77. The molecule has 0 aliphatic carbocycles. The first kappa shape index (κ1) is 26.6. The Hall–Kier alpha value is -4.50. The summed E-state index contributed by atoms with van der Waals surface area (Å²) >= 11 is 0. The van der Waals surface area contributed by atoms with Crippen LogP contribution >= 0.6 is 0 Å². The van der Waals surface area contributed by atoms with Crippen LogP contribution in [0.5, 0.6) is 0 Å². The first-order chi connectivity index (χ1) is 18.4. The van der Waals surface area contributed by atoms with E-state index in [4.69, 9.17) is 14.2 Å². The lowest BCUT2D eigenvalue weighted by molar-refractivity contribution is -0.123. The fraction of sp³-hybridized carbons (Fsp3) is 0.241. The zero-order chi connectivity index (χ0) is 26.9. The van der Waals surface area contributed by atoms with Crippen molar-refractivity contribution in [3.05, 3.63) is 108 Å². The zero-order valence-electron chi connectivity index (χ0n) is 20.7. The lowest BCUT2D eigenvalue weighted by atomic mass is 9.93. The van der Waals surface area contributed by atoms with Gasteiger partial charge in [-0.1, -0.05) is 54.6 Å². The smallest absolute Gasteiger partial charge is 0.338 e. The van der Waals surface area contributed by atoms with Crippen LogP contribution in [0.3, 0.4) is 0 Å². The van der Waals surface area contributed by atoms with E-state index in [1.807, 2.05) is 0 Å². The van der Waals surface area contributed by atoms with Crippen LogP contribution in [0, 0.1) is 0 Å². The Labute approximate surface area is 220 Å².